The first-order valence-corrected chi connectivity index (χ1v) is 7.86. The minimum atomic E-state index is 0.320. The van der Waals surface area contributed by atoms with Crippen LogP contribution in [0.25, 0.3) is 0 Å². The van der Waals surface area contributed by atoms with Crippen LogP contribution in [0.1, 0.15) is 11.1 Å². The van der Waals surface area contributed by atoms with Crippen LogP contribution in [0.2, 0.25) is 5.02 Å². The molecule has 126 valence electrons. The van der Waals surface area contributed by atoms with Gasteiger partial charge >= 0.3 is 0 Å². The second kappa shape index (κ2) is 8.23. The lowest BCUT2D eigenvalue weighted by Gasteiger charge is -2.08. The van der Waals surface area contributed by atoms with Crippen molar-refractivity contribution >= 4 is 17.4 Å². The number of hydroxylamine groups is 1. The van der Waals surface area contributed by atoms with Gasteiger partial charge in [-0.25, -0.2) is 4.98 Å². The van der Waals surface area contributed by atoms with Crippen molar-refractivity contribution < 1.29 is 9.94 Å². The lowest BCUT2D eigenvalue weighted by Crippen LogP contribution is -2.20. The molecule has 0 atom stereocenters. The van der Waals surface area contributed by atoms with Gasteiger partial charge in [-0.3, -0.25) is 20.7 Å². The van der Waals surface area contributed by atoms with E-state index in [1.165, 1.54) is 0 Å². The van der Waals surface area contributed by atoms with Crippen molar-refractivity contribution in [2.24, 2.45) is 4.99 Å². The molecule has 0 aliphatic rings. The van der Waals surface area contributed by atoms with E-state index in [0.717, 1.165) is 5.56 Å². The molecular formula is C18H15ClN4O2. The van der Waals surface area contributed by atoms with Gasteiger partial charge in [-0.15, -0.1) is 0 Å². The number of nitrogens with zero attached hydrogens (tertiary/aromatic N) is 3. The molecule has 0 spiro atoms. The Labute approximate surface area is 149 Å². The molecule has 0 saturated heterocycles. The van der Waals surface area contributed by atoms with Crippen LogP contribution in [0.4, 0.5) is 0 Å². The molecule has 0 fully saturated rings. The molecule has 3 rings (SSSR count). The van der Waals surface area contributed by atoms with Crippen LogP contribution in [0.5, 0.6) is 11.6 Å². The molecule has 0 aliphatic carbocycles. The highest BCUT2D eigenvalue weighted by Crippen LogP contribution is 2.22. The van der Waals surface area contributed by atoms with Gasteiger partial charge in [-0.1, -0.05) is 11.6 Å². The van der Waals surface area contributed by atoms with Gasteiger partial charge in [0.1, 0.15) is 5.75 Å². The lowest BCUT2D eigenvalue weighted by molar-refractivity contribution is 0.234. The van der Waals surface area contributed by atoms with Crippen LogP contribution in [0.15, 0.2) is 72.1 Å². The number of hydrogen-bond donors (Lipinski definition) is 2. The van der Waals surface area contributed by atoms with Gasteiger partial charge in [0.05, 0.1) is 6.54 Å². The van der Waals surface area contributed by atoms with Crippen molar-refractivity contribution in [1.29, 1.82) is 0 Å². The molecule has 2 N–H and O–H groups in total. The summed E-state index contributed by atoms with van der Waals surface area (Å²) in [7, 11) is 0. The zero-order valence-electron chi connectivity index (χ0n) is 13.1. The molecular weight excluding hydrogens is 340 g/mol. The predicted molar refractivity (Wildman–Crippen MR) is 95.2 cm³/mol. The fourth-order valence-electron chi connectivity index (χ4n) is 2.09. The zero-order chi connectivity index (χ0) is 17.5. The van der Waals surface area contributed by atoms with Crippen LogP contribution in [-0.4, -0.2) is 21.0 Å². The number of halogens is 1. The molecule has 0 radical (unpaired) electrons. The summed E-state index contributed by atoms with van der Waals surface area (Å²) < 4.78 is 5.69. The van der Waals surface area contributed by atoms with Crippen molar-refractivity contribution in [2.45, 2.75) is 6.54 Å². The summed E-state index contributed by atoms with van der Waals surface area (Å²) in [5, 5.41) is 10.0. The minimum absolute atomic E-state index is 0.320. The number of hydrogen-bond acceptors (Lipinski definition) is 5. The molecule has 25 heavy (non-hydrogen) atoms. The Morgan fingerprint density at radius 1 is 1.08 bits per heavy atom. The standard InChI is InChI=1S/C18H15ClN4O2/c19-15-1-3-16(4-2-15)25-17-11-14(7-10-21-17)18(23-24)22-12-13-5-8-20-9-6-13/h1-11,24H,12H2,(H,22,23). The second-order valence-corrected chi connectivity index (χ2v) is 5.51. The summed E-state index contributed by atoms with van der Waals surface area (Å²) in [5.41, 5.74) is 3.75. The molecule has 6 nitrogen and oxygen atoms in total. The van der Waals surface area contributed by atoms with E-state index < -0.39 is 0 Å². The van der Waals surface area contributed by atoms with Gasteiger partial charge in [0, 0.05) is 35.2 Å². The number of aromatic nitrogens is 2. The van der Waals surface area contributed by atoms with Crippen molar-refractivity contribution in [2.75, 3.05) is 0 Å². The van der Waals surface area contributed by atoms with Crippen molar-refractivity contribution in [1.82, 2.24) is 15.4 Å². The molecule has 0 saturated carbocycles. The summed E-state index contributed by atoms with van der Waals surface area (Å²) in [6.07, 6.45) is 4.97. The predicted octanol–water partition coefficient (Wildman–Crippen LogP) is 3.85. The third-order valence-electron chi connectivity index (χ3n) is 3.32. The van der Waals surface area contributed by atoms with E-state index in [-0.39, 0.29) is 0 Å². The van der Waals surface area contributed by atoms with E-state index in [1.807, 2.05) is 12.1 Å². The van der Waals surface area contributed by atoms with E-state index in [4.69, 9.17) is 16.3 Å². The van der Waals surface area contributed by atoms with Crippen molar-refractivity contribution in [3.63, 3.8) is 0 Å². The highest BCUT2D eigenvalue weighted by molar-refractivity contribution is 6.30. The Bertz CT molecular complexity index is 854. The maximum absolute atomic E-state index is 9.40. The first-order chi connectivity index (χ1) is 12.2. The summed E-state index contributed by atoms with van der Waals surface area (Å²) in [6.45, 7) is 0.404. The summed E-state index contributed by atoms with van der Waals surface area (Å²) in [5.74, 6) is 1.31. The highest BCUT2D eigenvalue weighted by atomic mass is 35.5. The molecule has 0 bridgehead atoms. The van der Waals surface area contributed by atoms with Crippen LogP contribution in [0, 0.1) is 0 Å². The maximum atomic E-state index is 9.40. The van der Waals surface area contributed by atoms with E-state index in [2.05, 4.69) is 20.4 Å². The van der Waals surface area contributed by atoms with Gasteiger partial charge in [-0.05, 0) is 48.0 Å². The van der Waals surface area contributed by atoms with E-state index in [0.29, 0.717) is 34.6 Å². The lowest BCUT2D eigenvalue weighted by atomic mass is 10.2. The number of nitrogens with one attached hydrogen (secondary N) is 1. The largest absolute Gasteiger partial charge is 0.439 e. The summed E-state index contributed by atoms with van der Waals surface area (Å²) >= 11 is 5.86. The molecule has 7 heteroatoms. The molecule has 0 aliphatic heterocycles. The zero-order valence-corrected chi connectivity index (χ0v) is 13.9. The molecule has 0 unspecified atom stereocenters. The fraction of sp³-hybridized carbons (Fsp3) is 0.0556. The number of pyridine rings is 2. The number of aliphatic imine (C=N–C) groups is 1. The summed E-state index contributed by atoms with van der Waals surface area (Å²) in [6, 6.07) is 14.1. The van der Waals surface area contributed by atoms with Gasteiger partial charge in [0.15, 0.2) is 5.84 Å². The van der Waals surface area contributed by atoms with Crippen LogP contribution in [0.3, 0.4) is 0 Å². The van der Waals surface area contributed by atoms with E-state index >= 15 is 0 Å². The Kier molecular flexibility index (Phi) is 5.56. The topological polar surface area (TPSA) is 79.6 Å². The van der Waals surface area contributed by atoms with Crippen LogP contribution >= 0.6 is 11.6 Å². The van der Waals surface area contributed by atoms with Crippen LogP contribution < -0.4 is 10.2 Å². The average molecular weight is 355 g/mol. The molecule has 0 amide bonds. The van der Waals surface area contributed by atoms with E-state index in [9.17, 15) is 5.21 Å². The number of ether oxygens (including phenoxy) is 1. The number of rotatable bonds is 5. The summed E-state index contributed by atoms with van der Waals surface area (Å²) in [4.78, 5) is 12.5. The third-order valence-corrected chi connectivity index (χ3v) is 3.57. The SMILES string of the molecule is ONC(=NCc1ccncc1)c1ccnc(Oc2ccc(Cl)cc2)c1. The molecule has 1 aromatic carbocycles. The Morgan fingerprint density at radius 3 is 2.56 bits per heavy atom. The fourth-order valence-corrected chi connectivity index (χ4v) is 2.21. The van der Waals surface area contributed by atoms with Crippen molar-refractivity contribution in [3.8, 4) is 11.6 Å². The molecule has 2 heterocycles. The number of benzene rings is 1. The average Bonchev–Trinajstić information content (AvgIpc) is 2.65. The second-order valence-electron chi connectivity index (χ2n) is 5.07. The monoisotopic (exact) mass is 354 g/mol. The Hall–Kier alpha value is -2.96. The quantitative estimate of drug-likeness (QED) is 0.413. The van der Waals surface area contributed by atoms with E-state index in [1.54, 1.807) is 55.0 Å². The first kappa shape index (κ1) is 16.9. The highest BCUT2D eigenvalue weighted by Gasteiger charge is 2.06. The first-order valence-electron chi connectivity index (χ1n) is 7.48. The van der Waals surface area contributed by atoms with Gasteiger partial charge in [0.25, 0.3) is 0 Å². The molecule has 3 aromatic rings. The minimum Gasteiger partial charge on any atom is -0.439 e. The van der Waals surface area contributed by atoms with Gasteiger partial charge < -0.3 is 4.74 Å². The normalized spacial score (nSPS) is 11.2. The van der Waals surface area contributed by atoms with Crippen molar-refractivity contribution in [3.05, 3.63) is 83.3 Å². The number of amidine groups is 1. The van der Waals surface area contributed by atoms with Gasteiger partial charge in [0.2, 0.25) is 5.88 Å². The molecule has 2 aromatic heterocycles. The third kappa shape index (κ3) is 4.76. The Balaban J connectivity index is 1.77. The maximum Gasteiger partial charge on any atom is 0.219 e. The van der Waals surface area contributed by atoms with Gasteiger partial charge in [-0.2, -0.15) is 0 Å². The smallest absolute Gasteiger partial charge is 0.219 e. The Morgan fingerprint density at radius 2 is 1.84 bits per heavy atom. The van der Waals surface area contributed by atoms with Crippen LogP contribution in [-0.2, 0) is 6.54 Å².